The Bertz CT molecular complexity index is 4700. The standard InChI is InChI=1S/C85H112F2N12O9Si4/c1-15-59-41-77(107-51-57-23-19-17-20-24-57)67(86)43-65(59)61-27-29-63-71(39-61)98(55-105-33-37-111(9,10)11)90-79(63)81-88-69-45-92(47-73(69)96(81)53-103-31-35-109(3,4)5)83-75(100)49-94(83)85(102)95-50-76(101)84(95)93-46-70-74(48-93)97(54-104-32-36-110(6,7)8)82(89-70)80-64-30-28-62(40-72(64)99(91-80)56-106-34-38-112(12,13)14)66-44-68(87)78(42-60(66)16-2)108-52-58-25-21-18-22-26-58/h17-30,39-44,75-76,83-84,100-101H,15-16,31-38,45-56H2,1-14H3. The molecule has 10 aromatic rings. The van der Waals surface area contributed by atoms with E-state index >= 15 is 13.6 Å². The number of likely N-dealkylation sites (tertiary alicyclic amines) is 2. The number of benzene rings is 6. The van der Waals surface area contributed by atoms with Gasteiger partial charge in [0.05, 0.1) is 46.9 Å². The zero-order valence-corrected chi connectivity index (χ0v) is 71.8. The molecule has 2 fully saturated rings. The minimum atomic E-state index is -1.49. The number of rotatable bonds is 34. The molecule has 2 N–H and O–H groups in total. The van der Waals surface area contributed by atoms with Crippen molar-refractivity contribution in [2.75, 3.05) is 39.5 Å². The molecule has 21 nitrogen and oxygen atoms in total. The molecule has 4 atom stereocenters. The van der Waals surface area contributed by atoms with Gasteiger partial charge in [0.1, 0.15) is 76.1 Å². The maximum Gasteiger partial charge on any atom is 0.322 e. The minimum absolute atomic E-state index is 0.121. The Hall–Kier alpha value is -8.04. The highest BCUT2D eigenvalue weighted by Gasteiger charge is 2.54. The maximum absolute atomic E-state index is 16.2. The van der Waals surface area contributed by atoms with Crippen LogP contribution in [0.15, 0.2) is 121 Å². The van der Waals surface area contributed by atoms with Crippen LogP contribution in [0.4, 0.5) is 13.6 Å². The van der Waals surface area contributed by atoms with Gasteiger partial charge >= 0.3 is 6.03 Å². The Balaban J connectivity index is 0.726. The van der Waals surface area contributed by atoms with Gasteiger partial charge in [-0.25, -0.2) is 32.9 Å². The molecule has 596 valence electrons. The van der Waals surface area contributed by atoms with Gasteiger partial charge in [-0.3, -0.25) is 9.80 Å². The Morgan fingerprint density at radius 3 is 1.19 bits per heavy atom. The highest BCUT2D eigenvalue weighted by atomic mass is 28.3. The number of ether oxygens (including phenoxy) is 6. The van der Waals surface area contributed by atoms with Gasteiger partial charge in [-0.15, -0.1) is 0 Å². The largest absolute Gasteiger partial charge is 0.486 e. The number of urea groups is 1. The number of hydrogen-bond acceptors (Lipinski definition) is 15. The Kier molecular flexibility index (Phi) is 24.0. The van der Waals surface area contributed by atoms with Crippen LogP contribution >= 0.6 is 0 Å². The summed E-state index contributed by atoms with van der Waals surface area (Å²) in [4.78, 5) is 33.8. The molecule has 8 heterocycles. The summed E-state index contributed by atoms with van der Waals surface area (Å²) >= 11 is 0. The highest BCUT2D eigenvalue weighted by molar-refractivity contribution is 6.77. The molecule has 0 spiro atoms. The van der Waals surface area contributed by atoms with Crippen LogP contribution in [0.3, 0.4) is 0 Å². The van der Waals surface area contributed by atoms with Crippen LogP contribution in [0, 0.1) is 11.6 Å². The van der Waals surface area contributed by atoms with Crippen LogP contribution in [0.2, 0.25) is 103 Å². The van der Waals surface area contributed by atoms with E-state index in [1.165, 1.54) is 0 Å². The molecule has 14 rings (SSSR count). The summed E-state index contributed by atoms with van der Waals surface area (Å²) in [6, 6.07) is 42.2. The number of amides is 2. The molecule has 27 heteroatoms. The molecule has 4 aliphatic rings. The lowest BCUT2D eigenvalue weighted by Crippen LogP contribution is -2.76. The summed E-state index contributed by atoms with van der Waals surface area (Å²) in [5.41, 5.74) is 13.4. The van der Waals surface area contributed by atoms with Gasteiger partial charge in [0.2, 0.25) is 0 Å². The first-order valence-electron chi connectivity index (χ1n) is 39.9. The van der Waals surface area contributed by atoms with E-state index in [1.807, 2.05) is 94.3 Å². The number of nitrogens with zero attached hydrogens (tertiary/aromatic N) is 12. The van der Waals surface area contributed by atoms with Crippen LogP contribution < -0.4 is 9.47 Å². The summed E-state index contributed by atoms with van der Waals surface area (Å²) in [6.07, 6.45) is -1.73. The van der Waals surface area contributed by atoms with Crippen molar-refractivity contribution < 1.29 is 52.2 Å². The Labute approximate surface area is 661 Å². The monoisotopic (exact) mass is 1590 g/mol. The first-order valence-corrected chi connectivity index (χ1v) is 54.7. The van der Waals surface area contributed by atoms with Gasteiger partial charge in [-0.05, 0) is 130 Å². The molecule has 4 aliphatic heterocycles. The van der Waals surface area contributed by atoms with Gasteiger partial charge in [0, 0.05) is 95.7 Å². The van der Waals surface area contributed by atoms with Crippen molar-refractivity contribution in [2.45, 2.75) is 220 Å². The smallest absolute Gasteiger partial charge is 0.322 e. The topological polar surface area (TPSA) is 197 Å². The number of hydrogen-bond donors (Lipinski definition) is 2. The molecule has 2 saturated heterocycles. The van der Waals surface area contributed by atoms with Crippen molar-refractivity contribution in [3.05, 3.63) is 178 Å². The molecule has 6 aromatic carbocycles. The summed E-state index contributed by atoms with van der Waals surface area (Å²) in [5.74, 6) is 0.813. The lowest BCUT2D eigenvalue weighted by atomic mass is 9.96. The number of carbonyl (C=O) groups is 1. The molecular weight excluding hydrogens is 1480 g/mol. The van der Waals surface area contributed by atoms with Crippen molar-refractivity contribution in [1.29, 1.82) is 0 Å². The molecule has 4 aromatic heterocycles. The second-order valence-corrected chi connectivity index (χ2v) is 58.0. The Morgan fingerprint density at radius 1 is 0.473 bits per heavy atom. The number of aliphatic hydroxyl groups is 2. The zero-order valence-electron chi connectivity index (χ0n) is 67.8. The summed E-state index contributed by atoms with van der Waals surface area (Å²) < 4.78 is 78.7. The lowest BCUT2D eigenvalue weighted by molar-refractivity contribution is -0.154. The number of halogens is 2. The first kappa shape index (κ1) is 80.6. The van der Waals surface area contributed by atoms with Crippen LogP contribution in [-0.2, 0) is 98.1 Å². The summed E-state index contributed by atoms with van der Waals surface area (Å²) in [7, 11) is -5.84. The van der Waals surface area contributed by atoms with Crippen molar-refractivity contribution in [1.82, 2.24) is 58.3 Å². The van der Waals surface area contributed by atoms with E-state index in [0.717, 1.165) is 113 Å². The number of fused-ring (bicyclic) bond motifs is 4. The zero-order chi connectivity index (χ0) is 79.1. The van der Waals surface area contributed by atoms with Crippen molar-refractivity contribution in [3.63, 3.8) is 0 Å². The fraction of sp³-hybridized carbons (Fsp3) is 0.471. The van der Waals surface area contributed by atoms with E-state index in [-0.39, 0.29) is 70.8 Å². The number of β-amino-alcohol motifs (C(OH)–C–C–N with tert-alkyl or cyclic N) is 2. The SMILES string of the molecule is CCc1cc(OCc2ccccc2)c(F)cc1-c1ccc2c(-c3nc4c(n3COCC[Si](C)(C)C)CN(C3C(O)CN3C(=O)N3CC(O)C3N3Cc5nc(-c6nn(COCC[Si](C)(C)C)c7cc(-c8cc(F)c(OCc9ccccc9)cc8CC)ccc67)n(COCC[Si](C)(C)C)c5C3)C4)nn(COCC[Si](C)(C)C)c2c1. The number of aryl methyl sites for hydroxylation is 2. The molecule has 0 bridgehead atoms. The van der Waals surface area contributed by atoms with Crippen LogP contribution in [-0.4, -0.2) is 171 Å². The third kappa shape index (κ3) is 18.0. The van der Waals surface area contributed by atoms with E-state index in [4.69, 9.17) is 48.6 Å². The van der Waals surface area contributed by atoms with Gasteiger partial charge in [0.15, 0.2) is 34.8 Å². The highest BCUT2D eigenvalue weighted by Crippen LogP contribution is 2.43. The summed E-state index contributed by atoms with van der Waals surface area (Å²) in [6.45, 7) is 37.4. The third-order valence-electron chi connectivity index (χ3n) is 22.0. The van der Waals surface area contributed by atoms with E-state index in [1.54, 1.807) is 21.9 Å². The number of carbonyl (C=O) groups excluding carboxylic acids is 1. The van der Waals surface area contributed by atoms with Crippen molar-refractivity contribution in [2.24, 2.45) is 0 Å². The van der Waals surface area contributed by atoms with E-state index in [9.17, 15) is 10.2 Å². The van der Waals surface area contributed by atoms with Gasteiger partial charge < -0.3 is 57.6 Å². The molecule has 0 radical (unpaired) electrons. The van der Waals surface area contributed by atoms with Crippen LogP contribution in [0.1, 0.15) is 58.9 Å². The van der Waals surface area contributed by atoms with E-state index < -0.39 is 68.5 Å². The maximum atomic E-state index is 16.2. The average molecular weight is 1600 g/mol. The molecule has 4 unspecified atom stereocenters. The minimum Gasteiger partial charge on any atom is -0.486 e. The molecule has 112 heavy (non-hydrogen) atoms. The van der Waals surface area contributed by atoms with Crippen LogP contribution in [0.5, 0.6) is 11.5 Å². The lowest BCUT2D eigenvalue weighted by Gasteiger charge is -2.56. The molecular formula is C85H112F2N12O9Si4. The average Bonchev–Trinajstić information content (AvgIpc) is 1.65. The second-order valence-electron chi connectivity index (χ2n) is 35.6. The Morgan fingerprint density at radius 2 is 0.839 bits per heavy atom. The quantitative estimate of drug-likeness (QED) is 0.0285. The molecule has 0 aliphatic carbocycles. The van der Waals surface area contributed by atoms with Crippen LogP contribution in [0.25, 0.3) is 67.1 Å². The fourth-order valence-electron chi connectivity index (χ4n) is 15.3. The number of aliphatic hydroxyl groups excluding tert-OH is 2. The predicted octanol–water partition coefficient (Wildman–Crippen LogP) is 16.7. The predicted molar refractivity (Wildman–Crippen MR) is 446 cm³/mol. The fourth-order valence-corrected chi connectivity index (χ4v) is 18.3. The number of imidazole rings is 2. The molecule has 0 saturated carbocycles. The molecule has 2 amide bonds. The van der Waals surface area contributed by atoms with Crippen molar-refractivity contribution >= 4 is 60.1 Å². The normalized spacial score (nSPS) is 17.6. The van der Waals surface area contributed by atoms with Gasteiger partial charge in [0.25, 0.3) is 0 Å². The summed E-state index contributed by atoms with van der Waals surface area (Å²) in [5, 5.41) is 36.1. The van der Waals surface area contributed by atoms with Gasteiger partial charge in [-0.2, -0.15) is 10.2 Å². The van der Waals surface area contributed by atoms with Gasteiger partial charge in [-0.1, -0.05) is 165 Å². The van der Waals surface area contributed by atoms with Crippen molar-refractivity contribution in [3.8, 4) is 56.8 Å². The second kappa shape index (κ2) is 33.4. The van der Waals surface area contributed by atoms with E-state index in [0.29, 0.717) is 88.5 Å². The first-order chi connectivity index (χ1) is 53.5. The number of aromatic nitrogens is 8. The van der Waals surface area contributed by atoms with E-state index in [2.05, 4.69) is 136 Å². The third-order valence-corrected chi connectivity index (χ3v) is 28.8.